The lowest BCUT2D eigenvalue weighted by Crippen LogP contribution is -2.37. The second-order valence-electron chi connectivity index (χ2n) is 7.23. The van der Waals surface area contributed by atoms with Gasteiger partial charge in [0, 0.05) is 12.8 Å². The maximum atomic E-state index is 13.0. The zero-order valence-corrected chi connectivity index (χ0v) is 17.9. The summed E-state index contributed by atoms with van der Waals surface area (Å²) in [4.78, 5) is 20.8. The van der Waals surface area contributed by atoms with Crippen LogP contribution in [0.1, 0.15) is 31.2 Å². The van der Waals surface area contributed by atoms with Gasteiger partial charge in [-0.3, -0.25) is 4.79 Å². The van der Waals surface area contributed by atoms with Gasteiger partial charge in [0.2, 0.25) is 0 Å². The highest BCUT2D eigenvalue weighted by Crippen LogP contribution is 2.39. The van der Waals surface area contributed by atoms with Crippen molar-refractivity contribution in [2.75, 3.05) is 19.8 Å². The summed E-state index contributed by atoms with van der Waals surface area (Å²) in [6.45, 7) is -1.80. The third kappa shape index (κ3) is 11.4. The van der Waals surface area contributed by atoms with Crippen LogP contribution in [-0.2, 0) is 30.7 Å². The maximum Gasteiger partial charge on any atom is 0.453 e. The molecule has 0 spiro atoms. The van der Waals surface area contributed by atoms with Crippen molar-refractivity contribution in [2.45, 2.75) is 62.6 Å². The molecule has 1 atom stereocenters. The maximum absolute atomic E-state index is 13.0. The largest absolute Gasteiger partial charge is 0.457 e. The molecule has 0 radical (unpaired) electrons. The van der Waals surface area contributed by atoms with Gasteiger partial charge < -0.3 is 9.47 Å². The van der Waals surface area contributed by atoms with Crippen LogP contribution in [0.15, 0.2) is 30.3 Å². The lowest BCUT2D eigenvalue weighted by molar-refractivity contribution is -0.314. The van der Waals surface area contributed by atoms with E-state index in [1.165, 1.54) is 0 Å². The molecule has 0 fully saturated rings. The molecule has 5 nitrogen and oxygen atoms in total. The van der Waals surface area contributed by atoms with Crippen LogP contribution in [0.4, 0.5) is 43.9 Å². The van der Waals surface area contributed by atoms with Crippen LogP contribution in [0.25, 0.3) is 0 Å². The SMILES string of the molecule is O=C(CCC(F)(F)C(F)(F)F)OC(COCc1ccccc1)COOCCCC(F)(F)C(F)(F)F. The number of hydrogen-bond donors (Lipinski definition) is 0. The molecular formula is C20H22F10O5. The third-order valence-electron chi connectivity index (χ3n) is 4.24. The molecule has 15 heteroatoms. The summed E-state index contributed by atoms with van der Waals surface area (Å²) in [7, 11) is 0. The molecule has 1 unspecified atom stereocenters. The zero-order chi connectivity index (χ0) is 26.8. The number of halogens is 10. The van der Waals surface area contributed by atoms with Gasteiger partial charge in [0.1, 0.15) is 6.61 Å². The first-order valence-corrected chi connectivity index (χ1v) is 10.00. The summed E-state index contributed by atoms with van der Waals surface area (Å²) in [6, 6.07) is 8.46. The summed E-state index contributed by atoms with van der Waals surface area (Å²) in [5.74, 6) is -11.5. The second kappa shape index (κ2) is 13.3. The molecule has 0 N–H and O–H groups in total. The average molecular weight is 532 g/mol. The number of carbonyl (C=O) groups excluding carboxylic acids is 1. The van der Waals surface area contributed by atoms with Gasteiger partial charge in [-0.25, -0.2) is 9.78 Å². The smallest absolute Gasteiger partial charge is 0.453 e. The summed E-state index contributed by atoms with van der Waals surface area (Å²) in [5.41, 5.74) is 0.685. The predicted molar refractivity (Wildman–Crippen MR) is 98.4 cm³/mol. The Morgan fingerprint density at radius 2 is 1.34 bits per heavy atom. The van der Waals surface area contributed by atoms with Crippen molar-refractivity contribution < 1.29 is 67.9 Å². The Kier molecular flexibility index (Phi) is 11.7. The Morgan fingerprint density at radius 1 is 0.771 bits per heavy atom. The molecular weight excluding hydrogens is 510 g/mol. The van der Waals surface area contributed by atoms with E-state index in [9.17, 15) is 48.7 Å². The van der Waals surface area contributed by atoms with Crippen molar-refractivity contribution in [3.05, 3.63) is 35.9 Å². The fraction of sp³-hybridized carbons (Fsp3) is 0.650. The van der Waals surface area contributed by atoms with Crippen LogP contribution >= 0.6 is 0 Å². The number of rotatable bonds is 15. The number of hydrogen-bond acceptors (Lipinski definition) is 5. The molecule has 0 heterocycles. The van der Waals surface area contributed by atoms with E-state index in [0.29, 0.717) is 5.56 Å². The lowest BCUT2D eigenvalue weighted by atomic mass is 10.2. The van der Waals surface area contributed by atoms with Crippen LogP contribution < -0.4 is 0 Å². The molecule has 1 aromatic carbocycles. The first-order chi connectivity index (χ1) is 16.1. The van der Waals surface area contributed by atoms with Crippen molar-refractivity contribution in [3.8, 4) is 0 Å². The number of benzene rings is 1. The third-order valence-corrected chi connectivity index (χ3v) is 4.24. The van der Waals surface area contributed by atoms with E-state index in [1.807, 2.05) is 0 Å². The van der Waals surface area contributed by atoms with Crippen molar-refractivity contribution in [1.82, 2.24) is 0 Å². The van der Waals surface area contributed by atoms with Crippen LogP contribution in [0, 0.1) is 0 Å². The zero-order valence-electron chi connectivity index (χ0n) is 17.9. The highest BCUT2D eigenvalue weighted by molar-refractivity contribution is 5.69. The first kappa shape index (κ1) is 30.9. The van der Waals surface area contributed by atoms with Crippen LogP contribution in [0.2, 0.25) is 0 Å². The summed E-state index contributed by atoms with van der Waals surface area (Å²) in [6.07, 6.45) is -18.5. The molecule has 1 rings (SSSR count). The van der Waals surface area contributed by atoms with E-state index in [2.05, 4.69) is 9.78 Å². The van der Waals surface area contributed by atoms with Gasteiger partial charge in [0.05, 0.1) is 26.2 Å². The molecule has 0 aliphatic heterocycles. The van der Waals surface area contributed by atoms with Gasteiger partial charge in [-0.15, -0.1) is 0 Å². The molecule has 0 bridgehead atoms. The minimum Gasteiger partial charge on any atom is -0.457 e. The normalized spacial score (nSPS) is 14.1. The van der Waals surface area contributed by atoms with Gasteiger partial charge in [-0.05, 0) is 12.0 Å². The number of esters is 1. The van der Waals surface area contributed by atoms with E-state index in [4.69, 9.17) is 9.47 Å². The minimum atomic E-state index is -5.86. The Hall–Kier alpha value is -2.13. The molecule has 35 heavy (non-hydrogen) atoms. The van der Waals surface area contributed by atoms with E-state index in [-0.39, 0.29) is 6.61 Å². The minimum absolute atomic E-state index is 0.00554. The molecule has 0 aromatic heterocycles. The standard InChI is InChI=1S/C20H22F10O5/c21-17(22,19(25,26)27)8-4-10-33-34-13-15(12-32-11-14-5-2-1-3-6-14)35-16(31)7-9-18(23,24)20(28,29)30/h1-3,5-6,15H,4,7-13H2. The second-order valence-corrected chi connectivity index (χ2v) is 7.23. The van der Waals surface area contributed by atoms with Crippen molar-refractivity contribution in [2.24, 2.45) is 0 Å². The van der Waals surface area contributed by atoms with E-state index >= 15 is 0 Å². The Balaban J connectivity index is 2.53. The van der Waals surface area contributed by atoms with Crippen molar-refractivity contribution in [1.29, 1.82) is 0 Å². The van der Waals surface area contributed by atoms with Gasteiger partial charge in [-0.2, -0.15) is 43.9 Å². The Morgan fingerprint density at radius 3 is 1.91 bits per heavy atom. The van der Waals surface area contributed by atoms with Crippen molar-refractivity contribution >= 4 is 5.97 Å². The fourth-order valence-corrected chi connectivity index (χ4v) is 2.32. The van der Waals surface area contributed by atoms with Gasteiger partial charge in [0.15, 0.2) is 6.10 Å². The first-order valence-electron chi connectivity index (χ1n) is 10.00. The highest BCUT2D eigenvalue weighted by Gasteiger charge is 2.57. The van der Waals surface area contributed by atoms with E-state index in [1.54, 1.807) is 30.3 Å². The molecule has 0 aliphatic rings. The van der Waals surface area contributed by atoms with E-state index < -0.39 is 81.8 Å². The molecule has 0 aliphatic carbocycles. The van der Waals surface area contributed by atoms with Crippen LogP contribution in [-0.4, -0.2) is 56.1 Å². The van der Waals surface area contributed by atoms with Crippen LogP contribution in [0.3, 0.4) is 0 Å². The quantitative estimate of drug-likeness (QED) is 0.0910. The number of alkyl halides is 10. The average Bonchev–Trinajstić information content (AvgIpc) is 2.73. The molecule has 0 saturated heterocycles. The topological polar surface area (TPSA) is 54.0 Å². The van der Waals surface area contributed by atoms with Crippen LogP contribution in [0.5, 0.6) is 0 Å². The predicted octanol–water partition coefficient (Wildman–Crippen LogP) is 6.02. The molecule has 0 saturated carbocycles. The van der Waals surface area contributed by atoms with Gasteiger partial charge in [0.25, 0.3) is 0 Å². The van der Waals surface area contributed by atoms with Gasteiger partial charge in [-0.1, -0.05) is 30.3 Å². The Labute approximate surface area is 193 Å². The monoisotopic (exact) mass is 532 g/mol. The summed E-state index contributed by atoms with van der Waals surface area (Å²) < 4.78 is 134. The fourth-order valence-electron chi connectivity index (χ4n) is 2.32. The van der Waals surface area contributed by atoms with Crippen molar-refractivity contribution in [3.63, 3.8) is 0 Å². The summed E-state index contributed by atoms with van der Waals surface area (Å²) >= 11 is 0. The Bertz CT molecular complexity index is 753. The molecule has 0 amide bonds. The number of ether oxygens (including phenoxy) is 2. The lowest BCUT2D eigenvalue weighted by Gasteiger charge is -2.21. The van der Waals surface area contributed by atoms with Gasteiger partial charge >= 0.3 is 30.2 Å². The number of carbonyl (C=O) groups is 1. The summed E-state index contributed by atoms with van der Waals surface area (Å²) in [5, 5.41) is 0. The van der Waals surface area contributed by atoms with E-state index in [0.717, 1.165) is 0 Å². The molecule has 1 aromatic rings. The molecule has 202 valence electrons. The highest BCUT2D eigenvalue weighted by atomic mass is 19.4.